The number of para-hydroxylation sites is 1. The molecule has 0 radical (unpaired) electrons. The van der Waals surface area contributed by atoms with E-state index in [2.05, 4.69) is 27.4 Å². The molecule has 5 aromatic rings. The van der Waals surface area contributed by atoms with Gasteiger partial charge in [0.05, 0.1) is 11.0 Å². The molecule has 24 heavy (non-hydrogen) atoms. The molecular formula is C19H12N4O. The highest BCUT2D eigenvalue weighted by Gasteiger charge is 2.14. The minimum Gasteiger partial charge on any atom is -0.415 e. The van der Waals surface area contributed by atoms with Gasteiger partial charge in [-0.25, -0.2) is 4.52 Å². The lowest BCUT2D eigenvalue weighted by molar-refractivity contribution is 0.581. The van der Waals surface area contributed by atoms with Crippen molar-refractivity contribution in [1.82, 2.24) is 19.8 Å². The largest absolute Gasteiger partial charge is 0.415 e. The van der Waals surface area contributed by atoms with E-state index in [1.165, 1.54) is 0 Å². The summed E-state index contributed by atoms with van der Waals surface area (Å²) in [7, 11) is 0. The molecule has 0 amide bonds. The van der Waals surface area contributed by atoms with E-state index in [4.69, 9.17) is 4.42 Å². The van der Waals surface area contributed by atoms with Crippen LogP contribution in [0.5, 0.6) is 0 Å². The van der Waals surface area contributed by atoms with Crippen molar-refractivity contribution in [2.75, 3.05) is 0 Å². The topological polar surface area (TPSA) is 56.2 Å². The van der Waals surface area contributed by atoms with Gasteiger partial charge in [-0.3, -0.25) is 0 Å². The van der Waals surface area contributed by atoms with Crippen LogP contribution in [0.2, 0.25) is 0 Å². The molecule has 0 aliphatic rings. The summed E-state index contributed by atoms with van der Waals surface area (Å²) in [6.07, 6.45) is 0. The van der Waals surface area contributed by atoms with Gasteiger partial charge in [0.2, 0.25) is 5.89 Å². The lowest BCUT2D eigenvalue weighted by Crippen LogP contribution is -1.89. The number of fused-ring (bicyclic) bond motifs is 3. The molecule has 3 aromatic heterocycles. The number of aromatic nitrogens is 4. The first kappa shape index (κ1) is 13.0. The van der Waals surface area contributed by atoms with E-state index in [9.17, 15) is 0 Å². The van der Waals surface area contributed by atoms with Crippen molar-refractivity contribution in [3.05, 3.63) is 72.8 Å². The van der Waals surface area contributed by atoms with Gasteiger partial charge < -0.3 is 4.42 Å². The number of nitrogens with zero attached hydrogens (tertiary/aromatic N) is 4. The molecule has 0 atom stereocenters. The first-order chi connectivity index (χ1) is 11.9. The van der Waals surface area contributed by atoms with Gasteiger partial charge in [-0.15, -0.1) is 10.2 Å². The molecule has 0 N–H and O–H groups in total. The minimum absolute atomic E-state index is 0.418. The molecule has 0 spiro atoms. The number of pyridine rings is 1. The lowest BCUT2D eigenvalue weighted by atomic mass is 10.2. The Kier molecular flexibility index (Phi) is 2.72. The number of hydrogen-bond donors (Lipinski definition) is 0. The third-order valence-corrected chi connectivity index (χ3v) is 4.00. The van der Waals surface area contributed by atoms with Crippen LogP contribution in [0.15, 0.2) is 77.2 Å². The summed E-state index contributed by atoms with van der Waals surface area (Å²) >= 11 is 0. The van der Waals surface area contributed by atoms with Crippen LogP contribution in [0, 0.1) is 0 Å². The van der Waals surface area contributed by atoms with E-state index >= 15 is 0 Å². The first-order valence-electron chi connectivity index (χ1n) is 7.65. The second kappa shape index (κ2) is 5.03. The fourth-order valence-electron chi connectivity index (χ4n) is 2.83. The van der Waals surface area contributed by atoms with Gasteiger partial charge in [0.15, 0.2) is 5.69 Å². The average Bonchev–Trinajstić information content (AvgIpc) is 3.29. The molecule has 0 saturated carbocycles. The third-order valence-electron chi connectivity index (χ3n) is 4.00. The Morgan fingerprint density at radius 1 is 0.750 bits per heavy atom. The second-order valence-electron chi connectivity index (χ2n) is 5.54. The molecule has 0 fully saturated rings. The van der Waals surface area contributed by atoms with Crippen LogP contribution >= 0.6 is 0 Å². The monoisotopic (exact) mass is 312 g/mol. The number of benzene rings is 2. The summed E-state index contributed by atoms with van der Waals surface area (Å²) in [5.41, 5.74) is 3.60. The predicted molar refractivity (Wildman–Crippen MR) is 91.4 cm³/mol. The summed E-state index contributed by atoms with van der Waals surface area (Å²) in [4.78, 5) is 0. The molecule has 0 aliphatic carbocycles. The third kappa shape index (κ3) is 1.99. The SMILES string of the molecule is c1ccc(-c2nnc(-c3cc4ccc5ccccc5n4n3)o2)cc1. The minimum atomic E-state index is 0.418. The maximum atomic E-state index is 5.80. The number of rotatable bonds is 2. The molecule has 5 rings (SSSR count). The Morgan fingerprint density at radius 2 is 1.54 bits per heavy atom. The van der Waals surface area contributed by atoms with Crippen LogP contribution < -0.4 is 0 Å². The standard InChI is InChI=1S/C19H12N4O/c1-2-7-14(8-3-1)18-20-21-19(24-18)16-12-15-11-10-13-6-4-5-9-17(13)23(15)22-16/h1-12H. The van der Waals surface area contributed by atoms with Gasteiger partial charge in [0, 0.05) is 10.9 Å². The molecule has 0 bridgehead atoms. The molecule has 0 saturated heterocycles. The summed E-state index contributed by atoms with van der Waals surface area (Å²) in [6, 6.07) is 23.9. The van der Waals surface area contributed by atoms with Crippen LogP contribution in [0.1, 0.15) is 0 Å². The fraction of sp³-hybridized carbons (Fsp3) is 0. The normalized spacial score (nSPS) is 11.3. The van der Waals surface area contributed by atoms with Gasteiger partial charge in [-0.2, -0.15) is 5.10 Å². The van der Waals surface area contributed by atoms with Crippen molar-refractivity contribution in [3.8, 4) is 23.0 Å². The van der Waals surface area contributed by atoms with Crippen molar-refractivity contribution in [1.29, 1.82) is 0 Å². The molecule has 2 aromatic carbocycles. The van der Waals surface area contributed by atoms with E-state index in [0.29, 0.717) is 17.5 Å². The maximum absolute atomic E-state index is 5.80. The summed E-state index contributed by atoms with van der Waals surface area (Å²) in [5.74, 6) is 0.911. The summed E-state index contributed by atoms with van der Waals surface area (Å²) in [6.45, 7) is 0. The van der Waals surface area contributed by atoms with E-state index < -0.39 is 0 Å². The number of hydrogen-bond acceptors (Lipinski definition) is 4. The molecular weight excluding hydrogens is 300 g/mol. The quantitative estimate of drug-likeness (QED) is 0.490. The van der Waals surface area contributed by atoms with Crippen molar-refractivity contribution in [2.24, 2.45) is 0 Å². The summed E-state index contributed by atoms with van der Waals surface area (Å²) < 4.78 is 7.70. The molecule has 3 heterocycles. The van der Waals surface area contributed by atoms with E-state index in [1.807, 2.05) is 65.2 Å². The Morgan fingerprint density at radius 3 is 2.46 bits per heavy atom. The van der Waals surface area contributed by atoms with Crippen molar-refractivity contribution in [2.45, 2.75) is 0 Å². The predicted octanol–water partition coefficient (Wildman–Crippen LogP) is 4.20. The van der Waals surface area contributed by atoms with Gasteiger partial charge in [0.25, 0.3) is 5.89 Å². The highest BCUT2D eigenvalue weighted by Crippen LogP contribution is 2.25. The molecule has 114 valence electrons. The first-order valence-corrected chi connectivity index (χ1v) is 7.65. The van der Waals surface area contributed by atoms with Crippen molar-refractivity contribution >= 4 is 16.4 Å². The van der Waals surface area contributed by atoms with Crippen LogP contribution in [0.4, 0.5) is 0 Å². The van der Waals surface area contributed by atoms with Gasteiger partial charge in [-0.1, -0.05) is 42.5 Å². The van der Waals surface area contributed by atoms with E-state index in [-0.39, 0.29) is 0 Å². The maximum Gasteiger partial charge on any atom is 0.268 e. The average molecular weight is 312 g/mol. The Hall–Kier alpha value is -3.47. The fourth-order valence-corrected chi connectivity index (χ4v) is 2.83. The van der Waals surface area contributed by atoms with Crippen LogP contribution in [0.25, 0.3) is 39.5 Å². The zero-order valence-corrected chi connectivity index (χ0v) is 12.6. The highest BCUT2D eigenvalue weighted by atomic mass is 16.4. The Bertz CT molecular complexity index is 1160. The van der Waals surface area contributed by atoms with Gasteiger partial charge >= 0.3 is 0 Å². The van der Waals surface area contributed by atoms with Crippen LogP contribution in [-0.2, 0) is 0 Å². The zero-order chi connectivity index (χ0) is 15.9. The molecule has 0 aliphatic heterocycles. The van der Waals surface area contributed by atoms with E-state index in [0.717, 1.165) is 22.0 Å². The summed E-state index contributed by atoms with van der Waals surface area (Å²) in [5, 5.41) is 14.0. The Labute approximate surface area is 137 Å². The van der Waals surface area contributed by atoms with Crippen LogP contribution in [0.3, 0.4) is 0 Å². The molecule has 0 unspecified atom stereocenters. The molecule has 5 heteroatoms. The van der Waals surface area contributed by atoms with E-state index in [1.54, 1.807) is 0 Å². The highest BCUT2D eigenvalue weighted by molar-refractivity contribution is 5.83. The van der Waals surface area contributed by atoms with Gasteiger partial charge in [-0.05, 0) is 30.3 Å². The second-order valence-corrected chi connectivity index (χ2v) is 5.54. The zero-order valence-electron chi connectivity index (χ0n) is 12.6. The molecule has 5 nitrogen and oxygen atoms in total. The van der Waals surface area contributed by atoms with Crippen LogP contribution in [-0.4, -0.2) is 19.8 Å². The van der Waals surface area contributed by atoms with Crippen molar-refractivity contribution in [3.63, 3.8) is 0 Å². The lowest BCUT2D eigenvalue weighted by Gasteiger charge is -1.99. The smallest absolute Gasteiger partial charge is 0.268 e. The Balaban J connectivity index is 1.65. The van der Waals surface area contributed by atoms with Gasteiger partial charge in [0.1, 0.15) is 0 Å². The van der Waals surface area contributed by atoms with Crippen molar-refractivity contribution < 1.29 is 4.42 Å².